The average Bonchev–Trinajstić information content (AvgIpc) is 2.96. The van der Waals surface area contributed by atoms with Gasteiger partial charge in [-0.15, -0.1) is 0 Å². The number of rotatable bonds is 3. The van der Waals surface area contributed by atoms with Crippen LogP contribution in [-0.2, 0) is 0 Å². The van der Waals surface area contributed by atoms with Gasteiger partial charge in [-0.3, -0.25) is 9.59 Å². The zero-order valence-electron chi connectivity index (χ0n) is 19.9. The highest BCUT2D eigenvalue weighted by atomic mass is 16.2. The average molecular weight is 476 g/mol. The molecule has 1 heterocycles. The van der Waals surface area contributed by atoms with Crippen molar-refractivity contribution in [1.29, 1.82) is 0 Å². The smallest absolute Gasteiger partial charge is 0.265 e. The molecule has 0 fully saturated rings. The zero-order valence-corrected chi connectivity index (χ0v) is 19.9. The van der Waals surface area contributed by atoms with Gasteiger partial charge < -0.3 is 0 Å². The third-order valence-electron chi connectivity index (χ3n) is 7.18. The Balaban J connectivity index is 1.35. The Hall–Kier alpha value is -5.02. The van der Waals surface area contributed by atoms with E-state index >= 15 is 0 Å². The summed E-state index contributed by atoms with van der Waals surface area (Å²) >= 11 is 0. The van der Waals surface area contributed by atoms with Crippen LogP contribution in [-0.4, -0.2) is 11.8 Å². The molecule has 0 aromatic heterocycles. The quantitative estimate of drug-likeness (QED) is 0.242. The number of amides is 2. The maximum atomic E-state index is 13.5. The summed E-state index contributed by atoms with van der Waals surface area (Å²) in [6.07, 6.45) is 0. The second-order valence-electron chi connectivity index (χ2n) is 9.31. The third-order valence-corrected chi connectivity index (χ3v) is 7.18. The van der Waals surface area contributed by atoms with Crippen LogP contribution in [0.15, 0.2) is 127 Å². The summed E-state index contributed by atoms with van der Waals surface area (Å²) in [5, 5.41) is 3.93. The first-order valence-corrected chi connectivity index (χ1v) is 12.3. The number of carbonyl (C=O) groups is 2. The topological polar surface area (TPSA) is 37.4 Å². The fourth-order valence-electron chi connectivity index (χ4n) is 5.38. The highest BCUT2D eigenvalue weighted by Crippen LogP contribution is 2.38. The number of para-hydroxylation sites is 1. The van der Waals surface area contributed by atoms with Crippen molar-refractivity contribution in [2.24, 2.45) is 0 Å². The number of anilines is 1. The van der Waals surface area contributed by atoms with E-state index in [1.165, 1.54) is 16.0 Å². The Bertz CT molecular complexity index is 1830. The number of imide groups is 1. The minimum absolute atomic E-state index is 0.293. The molecule has 0 unspecified atom stereocenters. The minimum Gasteiger partial charge on any atom is -0.268 e. The van der Waals surface area contributed by atoms with E-state index < -0.39 is 0 Å². The van der Waals surface area contributed by atoms with E-state index in [9.17, 15) is 9.59 Å². The van der Waals surface area contributed by atoms with E-state index in [4.69, 9.17) is 0 Å². The normalized spacial score (nSPS) is 12.9. The van der Waals surface area contributed by atoms with Gasteiger partial charge in [0.15, 0.2) is 0 Å². The molecule has 1 aliphatic rings. The van der Waals surface area contributed by atoms with Gasteiger partial charge in [0.25, 0.3) is 11.8 Å². The molecule has 37 heavy (non-hydrogen) atoms. The summed E-state index contributed by atoms with van der Waals surface area (Å²) in [7, 11) is 0. The number of hydrogen-bond donors (Lipinski definition) is 0. The molecule has 0 saturated carbocycles. The van der Waals surface area contributed by atoms with E-state index in [1.54, 1.807) is 12.1 Å². The monoisotopic (exact) mass is 475 g/mol. The van der Waals surface area contributed by atoms with Crippen molar-refractivity contribution in [3.63, 3.8) is 0 Å². The first-order chi connectivity index (χ1) is 18.2. The molecule has 0 aliphatic carbocycles. The molecule has 174 valence electrons. The molecular formula is C34H21NO2. The van der Waals surface area contributed by atoms with Crippen molar-refractivity contribution in [2.45, 2.75) is 0 Å². The van der Waals surface area contributed by atoms with Crippen LogP contribution in [0.1, 0.15) is 20.7 Å². The van der Waals surface area contributed by atoms with Crippen molar-refractivity contribution in [3.05, 3.63) is 139 Å². The van der Waals surface area contributed by atoms with Crippen molar-refractivity contribution >= 4 is 39.0 Å². The van der Waals surface area contributed by atoms with Crippen LogP contribution in [0.3, 0.4) is 0 Å². The molecule has 7 rings (SSSR count). The van der Waals surface area contributed by atoms with Crippen LogP contribution in [0.5, 0.6) is 0 Å². The van der Waals surface area contributed by atoms with Gasteiger partial charge >= 0.3 is 0 Å². The van der Waals surface area contributed by atoms with Gasteiger partial charge in [0.05, 0.1) is 5.69 Å². The second kappa shape index (κ2) is 8.28. The van der Waals surface area contributed by atoms with Gasteiger partial charge in [-0.2, -0.15) is 0 Å². The largest absolute Gasteiger partial charge is 0.268 e. The maximum Gasteiger partial charge on any atom is 0.265 e. The summed E-state index contributed by atoms with van der Waals surface area (Å²) in [5.41, 5.74) is 6.10. The summed E-state index contributed by atoms with van der Waals surface area (Å²) in [6, 6.07) is 42.0. The van der Waals surface area contributed by atoms with Crippen molar-refractivity contribution in [3.8, 4) is 22.3 Å². The number of hydrogen-bond acceptors (Lipinski definition) is 2. The number of carbonyl (C=O) groups excluding carboxylic acids is 2. The van der Waals surface area contributed by atoms with Crippen LogP contribution >= 0.6 is 0 Å². The Morgan fingerprint density at radius 3 is 1.76 bits per heavy atom. The van der Waals surface area contributed by atoms with Crippen LogP contribution in [0.25, 0.3) is 43.8 Å². The second-order valence-corrected chi connectivity index (χ2v) is 9.31. The maximum absolute atomic E-state index is 13.5. The first-order valence-electron chi connectivity index (χ1n) is 12.3. The molecule has 6 aromatic carbocycles. The lowest BCUT2D eigenvalue weighted by molar-refractivity contribution is 0.0893. The molecule has 3 heteroatoms. The van der Waals surface area contributed by atoms with Crippen LogP contribution in [0, 0.1) is 0 Å². The number of fused-ring (bicyclic) bond motifs is 1. The highest BCUT2D eigenvalue weighted by molar-refractivity contribution is 6.36. The number of nitrogens with zero attached hydrogens (tertiary/aromatic N) is 1. The van der Waals surface area contributed by atoms with Crippen molar-refractivity contribution < 1.29 is 9.59 Å². The van der Waals surface area contributed by atoms with Gasteiger partial charge in [0.2, 0.25) is 0 Å². The molecule has 0 N–H and O–H groups in total. The Labute approximate surface area is 214 Å². The van der Waals surface area contributed by atoms with Gasteiger partial charge in [0, 0.05) is 16.5 Å². The Kier molecular flexibility index (Phi) is 4.76. The van der Waals surface area contributed by atoms with Crippen LogP contribution in [0.2, 0.25) is 0 Å². The Morgan fingerprint density at radius 2 is 1.03 bits per heavy atom. The van der Waals surface area contributed by atoms with E-state index in [0.29, 0.717) is 16.8 Å². The number of benzene rings is 6. The Morgan fingerprint density at radius 1 is 0.432 bits per heavy atom. The summed E-state index contributed by atoms with van der Waals surface area (Å²) < 4.78 is 0. The minimum atomic E-state index is -0.293. The summed E-state index contributed by atoms with van der Waals surface area (Å²) in [5.74, 6) is -0.586. The lowest BCUT2D eigenvalue weighted by atomic mass is 9.88. The van der Waals surface area contributed by atoms with E-state index in [1.807, 2.05) is 54.6 Å². The van der Waals surface area contributed by atoms with Gasteiger partial charge in [0.1, 0.15) is 0 Å². The predicted octanol–water partition coefficient (Wildman–Crippen LogP) is 8.13. The van der Waals surface area contributed by atoms with E-state index in [2.05, 4.69) is 60.7 Å². The SMILES string of the molecule is O=C1c2cccc3c(-c4ccc5cc(-c6ccccc6)ccc5c4)ccc(c23)C(=O)N1c1ccccc1. The van der Waals surface area contributed by atoms with E-state index in [-0.39, 0.29) is 11.8 Å². The molecule has 0 bridgehead atoms. The molecule has 0 atom stereocenters. The van der Waals surface area contributed by atoms with Crippen molar-refractivity contribution in [1.82, 2.24) is 0 Å². The molecule has 2 amide bonds. The van der Waals surface area contributed by atoms with Gasteiger partial charge in [-0.25, -0.2) is 4.90 Å². The molecule has 0 spiro atoms. The molecule has 3 nitrogen and oxygen atoms in total. The van der Waals surface area contributed by atoms with Crippen LogP contribution < -0.4 is 4.90 Å². The van der Waals surface area contributed by atoms with Crippen molar-refractivity contribution in [2.75, 3.05) is 4.90 Å². The highest BCUT2D eigenvalue weighted by Gasteiger charge is 2.34. The van der Waals surface area contributed by atoms with Crippen LogP contribution in [0.4, 0.5) is 5.69 Å². The molecular weight excluding hydrogens is 454 g/mol. The van der Waals surface area contributed by atoms with Gasteiger partial charge in [-0.1, -0.05) is 91.0 Å². The standard InChI is InChI=1S/C34H21NO2/c36-33-30-13-7-12-29-28(18-19-31(32(29)30)34(37)35(33)27-10-5-2-6-11-27)26-17-16-24-20-23(14-15-25(24)21-26)22-8-3-1-4-9-22/h1-21H. The predicted molar refractivity (Wildman–Crippen MR) is 150 cm³/mol. The lowest BCUT2D eigenvalue weighted by Crippen LogP contribution is -2.40. The first kappa shape index (κ1) is 21.3. The molecule has 0 saturated heterocycles. The molecule has 1 aliphatic heterocycles. The van der Waals surface area contributed by atoms with Gasteiger partial charge in [-0.05, 0) is 74.8 Å². The zero-order chi connectivity index (χ0) is 24.9. The fraction of sp³-hybridized carbons (Fsp3) is 0. The molecule has 6 aromatic rings. The fourth-order valence-corrected chi connectivity index (χ4v) is 5.38. The summed E-state index contributed by atoms with van der Waals surface area (Å²) in [4.78, 5) is 28.3. The third kappa shape index (κ3) is 3.36. The lowest BCUT2D eigenvalue weighted by Gasteiger charge is -2.28. The summed E-state index contributed by atoms with van der Waals surface area (Å²) in [6.45, 7) is 0. The molecule has 0 radical (unpaired) electrons. The van der Waals surface area contributed by atoms with E-state index in [0.717, 1.165) is 32.7 Å².